The summed E-state index contributed by atoms with van der Waals surface area (Å²) < 4.78 is 7.57. The van der Waals surface area contributed by atoms with Crippen molar-refractivity contribution in [2.24, 2.45) is 0 Å². The number of nitrogens with one attached hydrogen (secondary N) is 2. The molecule has 3 rings (SSSR count). The van der Waals surface area contributed by atoms with Crippen molar-refractivity contribution in [2.75, 3.05) is 5.32 Å². The Morgan fingerprint density at radius 1 is 1.10 bits per heavy atom. The molecule has 0 aliphatic carbocycles. The third-order valence-corrected chi connectivity index (χ3v) is 4.64. The number of rotatable bonds is 9. The number of amides is 2. The molecule has 162 valence electrons. The van der Waals surface area contributed by atoms with E-state index in [2.05, 4.69) is 15.6 Å². The Labute approximate surface area is 182 Å². The number of aromatic nitrogens is 2. The van der Waals surface area contributed by atoms with E-state index in [9.17, 15) is 9.59 Å². The van der Waals surface area contributed by atoms with Gasteiger partial charge in [-0.3, -0.25) is 9.59 Å². The molecule has 0 aliphatic heterocycles. The smallest absolute Gasteiger partial charge is 0.251 e. The fraction of sp³-hybridized carbons (Fsp3) is 0.292. The van der Waals surface area contributed by atoms with Gasteiger partial charge >= 0.3 is 0 Å². The average molecular weight is 421 g/mol. The van der Waals surface area contributed by atoms with Crippen LogP contribution in [0.15, 0.2) is 67.3 Å². The summed E-state index contributed by atoms with van der Waals surface area (Å²) in [5.41, 5.74) is 2.02. The zero-order valence-electron chi connectivity index (χ0n) is 18.0. The van der Waals surface area contributed by atoms with Crippen molar-refractivity contribution in [3.8, 4) is 5.75 Å². The number of aryl methyl sites for hydroxylation is 1. The Kier molecular flexibility index (Phi) is 7.43. The van der Waals surface area contributed by atoms with Gasteiger partial charge in [0.25, 0.3) is 5.91 Å². The molecule has 0 saturated carbocycles. The van der Waals surface area contributed by atoms with Gasteiger partial charge < -0.3 is 19.9 Å². The molecule has 1 atom stereocenters. The average Bonchev–Trinajstić information content (AvgIpc) is 3.26. The first-order valence-corrected chi connectivity index (χ1v) is 10.3. The number of hydrogen-bond acceptors (Lipinski definition) is 4. The maximum atomic E-state index is 12.7. The number of nitrogens with zero attached hydrogens (tertiary/aromatic N) is 2. The Bertz CT molecular complexity index is 1020. The van der Waals surface area contributed by atoms with E-state index < -0.39 is 0 Å². The monoisotopic (exact) mass is 420 g/mol. The molecule has 31 heavy (non-hydrogen) atoms. The summed E-state index contributed by atoms with van der Waals surface area (Å²) in [5.74, 6) is 0.438. The van der Waals surface area contributed by atoms with Crippen molar-refractivity contribution in [1.82, 2.24) is 14.9 Å². The van der Waals surface area contributed by atoms with Gasteiger partial charge in [-0.2, -0.15) is 0 Å². The molecule has 0 aliphatic rings. The molecular weight excluding hydrogens is 392 g/mol. The molecular formula is C24H28N4O3. The summed E-state index contributed by atoms with van der Waals surface area (Å²) in [4.78, 5) is 28.9. The van der Waals surface area contributed by atoms with Crippen LogP contribution in [0, 0.1) is 0 Å². The highest BCUT2D eigenvalue weighted by molar-refractivity contribution is 5.97. The first-order valence-electron chi connectivity index (χ1n) is 10.3. The van der Waals surface area contributed by atoms with E-state index in [0.29, 0.717) is 24.2 Å². The normalized spacial score (nSPS) is 11.7. The van der Waals surface area contributed by atoms with Gasteiger partial charge in [0.2, 0.25) is 5.91 Å². The van der Waals surface area contributed by atoms with Gasteiger partial charge in [0.1, 0.15) is 5.75 Å². The fourth-order valence-electron chi connectivity index (χ4n) is 3.10. The number of ether oxygens (including phenoxy) is 1. The summed E-state index contributed by atoms with van der Waals surface area (Å²) in [6.07, 6.45) is 5.56. The molecule has 1 aromatic heterocycles. The van der Waals surface area contributed by atoms with E-state index in [4.69, 9.17) is 4.74 Å². The number of benzene rings is 2. The van der Waals surface area contributed by atoms with Crippen LogP contribution in [0.1, 0.15) is 49.2 Å². The summed E-state index contributed by atoms with van der Waals surface area (Å²) in [6.45, 7) is 6.42. The highest BCUT2D eigenvalue weighted by Gasteiger charge is 2.13. The predicted molar refractivity (Wildman–Crippen MR) is 120 cm³/mol. The minimum Gasteiger partial charge on any atom is -0.491 e. The molecule has 0 fully saturated rings. The molecule has 7 heteroatoms. The number of carbonyl (C=O) groups is 2. The maximum absolute atomic E-state index is 12.7. The van der Waals surface area contributed by atoms with Crippen LogP contribution in [0.5, 0.6) is 5.75 Å². The number of hydrogen-bond donors (Lipinski definition) is 2. The maximum Gasteiger partial charge on any atom is 0.251 e. The lowest BCUT2D eigenvalue weighted by atomic mass is 10.1. The summed E-state index contributed by atoms with van der Waals surface area (Å²) in [5, 5.41) is 5.84. The standard InChI is InChI=1S/C24H28N4O3/c1-17(2)31-22-9-5-6-19(15-22)18(3)26-24(30)20-7-4-8-21(14-20)27-23(29)10-12-28-13-11-25-16-28/h4-9,11,13-18H,10,12H2,1-3H3,(H,26,30)(H,27,29). The molecule has 0 spiro atoms. The van der Waals surface area contributed by atoms with Crippen LogP contribution in [0.3, 0.4) is 0 Å². The lowest BCUT2D eigenvalue weighted by Gasteiger charge is -2.17. The molecule has 7 nitrogen and oxygen atoms in total. The van der Waals surface area contributed by atoms with E-state index >= 15 is 0 Å². The van der Waals surface area contributed by atoms with E-state index in [0.717, 1.165) is 11.3 Å². The summed E-state index contributed by atoms with van der Waals surface area (Å²) in [7, 11) is 0. The molecule has 0 radical (unpaired) electrons. The molecule has 1 unspecified atom stereocenters. The van der Waals surface area contributed by atoms with Crippen LogP contribution in [0.25, 0.3) is 0 Å². The molecule has 1 heterocycles. The van der Waals surface area contributed by atoms with Gasteiger partial charge in [-0.25, -0.2) is 4.98 Å². The number of carbonyl (C=O) groups excluding carboxylic acids is 2. The Balaban J connectivity index is 1.58. The summed E-state index contributed by atoms with van der Waals surface area (Å²) >= 11 is 0. The van der Waals surface area contributed by atoms with Crippen molar-refractivity contribution in [3.05, 3.63) is 78.4 Å². The van der Waals surface area contributed by atoms with Crippen molar-refractivity contribution in [1.29, 1.82) is 0 Å². The van der Waals surface area contributed by atoms with E-state index in [1.807, 2.05) is 55.8 Å². The van der Waals surface area contributed by atoms with Gasteiger partial charge in [-0.15, -0.1) is 0 Å². The van der Waals surface area contributed by atoms with Gasteiger partial charge in [0.15, 0.2) is 0 Å². The van der Waals surface area contributed by atoms with E-state index in [1.165, 1.54) is 0 Å². The van der Waals surface area contributed by atoms with Crippen LogP contribution < -0.4 is 15.4 Å². The van der Waals surface area contributed by atoms with Crippen LogP contribution in [-0.2, 0) is 11.3 Å². The van der Waals surface area contributed by atoms with Crippen LogP contribution in [0.2, 0.25) is 0 Å². The Morgan fingerprint density at radius 3 is 2.65 bits per heavy atom. The van der Waals surface area contributed by atoms with Crippen molar-refractivity contribution in [3.63, 3.8) is 0 Å². The molecule has 2 amide bonds. The molecule has 0 bridgehead atoms. The fourth-order valence-corrected chi connectivity index (χ4v) is 3.10. The van der Waals surface area contributed by atoms with E-state index in [1.54, 1.807) is 36.8 Å². The third-order valence-electron chi connectivity index (χ3n) is 4.64. The van der Waals surface area contributed by atoms with E-state index in [-0.39, 0.29) is 24.0 Å². The van der Waals surface area contributed by atoms with Crippen LogP contribution in [-0.4, -0.2) is 27.5 Å². The topological polar surface area (TPSA) is 85.3 Å². The van der Waals surface area contributed by atoms with Crippen molar-refractivity contribution >= 4 is 17.5 Å². The van der Waals surface area contributed by atoms with Gasteiger partial charge in [0, 0.05) is 36.6 Å². The van der Waals surface area contributed by atoms with Gasteiger partial charge in [0.05, 0.1) is 18.5 Å². The number of imidazole rings is 1. The van der Waals surface area contributed by atoms with Crippen molar-refractivity contribution < 1.29 is 14.3 Å². The lowest BCUT2D eigenvalue weighted by molar-refractivity contribution is -0.116. The zero-order chi connectivity index (χ0) is 22.2. The highest BCUT2D eigenvalue weighted by atomic mass is 16.5. The molecule has 2 N–H and O–H groups in total. The SMILES string of the molecule is CC(C)Oc1cccc(C(C)NC(=O)c2cccc(NC(=O)CCn3ccnc3)c2)c1. The molecule has 0 saturated heterocycles. The number of anilines is 1. The zero-order valence-corrected chi connectivity index (χ0v) is 18.0. The van der Waals surface area contributed by atoms with Crippen molar-refractivity contribution in [2.45, 2.75) is 45.9 Å². The molecule has 2 aromatic carbocycles. The minimum absolute atomic E-state index is 0.0815. The first-order chi connectivity index (χ1) is 14.9. The summed E-state index contributed by atoms with van der Waals surface area (Å²) in [6, 6.07) is 14.4. The largest absolute Gasteiger partial charge is 0.491 e. The predicted octanol–water partition coefficient (Wildman–Crippen LogP) is 4.19. The Hall–Kier alpha value is -3.61. The highest BCUT2D eigenvalue weighted by Crippen LogP contribution is 2.21. The second kappa shape index (κ2) is 10.4. The minimum atomic E-state index is -0.211. The quantitative estimate of drug-likeness (QED) is 0.544. The van der Waals surface area contributed by atoms with Gasteiger partial charge in [-0.05, 0) is 56.7 Å². The first kappa shape index (κ1) is 22.1. The van der Waals surface area contributed by atoms with Gasteiger partial charge in [-0.1, -0.05) is 18.2 Å². The third kappa shape index (κ3) is 6.70. The van der Waals surface area contributed by atoms with Crippen LogP contribution in [0.4, 0.5) is 5.69 Å². The second-order valence-corrected chi connectivity index (χ2v) is 7.61. The Morgan fingerprint density at radius 2 is 1.90 bits per heavy atom. The second-order valence-electron chi connectivity index (χ2n) is 7.61. The molecule has 3 aromatic rings. The lowest BCUT2D eigenvalue weighted by Crippen LogP contribution is -2.26. The van der Waals surface area contributed by atoms with Crippen LogP contribution >= 0.6 is 0 Å².